The predicted octanol–water partition coefficient (Wildman–Crippen LogP) is 6.19. The average molecular weight is 442 g/mol. The van der Waals surface area contributed by atoms with Crippen molar-refractivity contribution < 1.29 is 9.53 Å². The van der Waals surface area contributed by atoms with Crippen molar-refractivity contribution in [3.8, 4) is 11.3 Å². The Kier molecular flexibility index (Phi) is 5.93. The number of aromatic amines is 1. The van der Waals surface area contributed by atoms with E-state index in [1.54, 1.807) is 6.07 Å². The molecule has 3 aromatic rings. The Labute approximate surface area is 185 Å². The number of H-pyrrole nitrogens is 1. The summed E-state index contributed by atoms with van der Waals surface area (Å²) in [6, 6.07) is 15.3. The molecule has 5 nitrogen and oxygen atoms in total. The summed E-state index contributed by atoms with van der Waals surface area (Å²) in [5.74, 6) is -0.834. The third-order valence-corrected chi connectivity index (χ3v) is 6.08. The summed E-state index contributed by atoms with van der Waals surface area (Å²) in [5.41, 5.74) is 3.95. The van der Waals surface area contributed by atoms with Gasteiger partial charge >= 0.3 is 5.97 Å². The molecule has 4 rings (SSSR count). The quantitative estimate of drug-likeness (QED) is 0.479. The Morgan fingerprint density at radius 2 is 1.90 bits per heavy atom. The highest BCUT2D eigenvalue weighted by atomic mass is 35.5. The maximum absolute atomic E-state index is 13.1. The zero-order chi connectivity index (χ0) is 21.3. The summed E-state index contributed by atoms with van der Waals surface area (Å²) in [7, 11) is 0. The van der Waals surface area contributed by atoms with Gasteiger partial charge in [-0.15, -0.1) is 0 Å². The van der Waals surface area contributed by atoms with Gasteiger partial charge in [0.2, 0.25) is 0 Å². The molecule has 1 aromatic heterocycles. The first-order chi connectivity index (χ1) is 14.5. The second-order valence-electron chi connectivity index (χ2n) is 7.22. The monoisotopic (exact) mass is 441 g/mol. The third-order valence-electron chi connectivity index (χ3n) is 5.24. The van der Waals surface area contributed by atoms with E-state index in [0.29, 0.717) is 28.2 Å². The Bertz CT molecular complexity index is 1110. The van der Waals surface area contributed by atoms with E-state index in [1.165, 1.54) is 0 Å². The minimum Gasteiger partial charge on any atom is -0.465 e. The first kappa shape index (κ1) is 20.6. The van der Waals surface area contributed by atoms with Gasteiger partial charge in [-0.1, -0.05) is 72.6 Å². The molecule has 0 amide bonds. The largest absolute Gasteiger partial charge is 0.465 e. The zero-order valence-corrected chi connectivity index (χ0v) is 18.2. The van der Waals surface area contributed by atoms with Gasteiger partial charge < -0.3 is 4.74 Å². The molecule has 30 heavy (non-hydrogen) atoms. The maximum atomic E-state index is 13.1. The standard InChI is InChI=1S/C23H21Cl2N3O2/c1-3-12-30-23(29)17-13(2)26-22-19(18(17)15-10-7-11-16(24)20(15)25)21(27-28-22)14-8-5-4-6-9-14/h4-11,17-18H,3,12H2,1-2H3,(H,27,28). The first-order valence-corrected chi connectivity index (χ1v) is 10.6. The molecule has 0 saturated carbocycles. The number of benzene rings is 2. The number of carbonyl (C=O) groups is 1. The van der Waals surface area contributed by atoms with Gasteiger partial charge in [0.15, 0.2) is 5.82 Å². The summed E-state index contributed by atoms with van der Waals surface area (Å²) in [6.45, 7) is 4.13. The van der Waals surface area contributed by atoms with Crippen molar-refractivity contribution in [1.82, 2.24) is 10.2 Å². The number of halogens is 2. The lowest BCUT2D eigenvalue weighted by Crippen LogP contribution is -2.33. The molecule has 0 spiro atoms. The Morgan fingerprint density at radius 3 is 2.63 bits per heavy atom. The second kappa shape index (κ2) is 8.62. The molecule has 1 aliphatic rings. The number of aliphatic imine (C=N–C) groups is 1. The number of ether oxygens (including phenoxy) is 1. The molecule has 0 aliphatic carbocycles. The number of hydrogen-bond donors (Lipinski definition) is 1. The van der Waals surface area contributed by atoms with E-state index in [9.17, 15) is 4.79 Å². The van der Waals surface area contributed by atoms with Gasteiger partial charge in [0, 0.05) is 17.2 Å². The molecule has 2 heterocycles. The fraction of sp³-hybridized carbons (Fsp3) is 0.261. The third kappa shape index (κ3) is 3.64. The van der Waals surface area contributed by atoms with Crippen molar-refractivity contribution in [3.05, 3.63) is 69.7 Å². The van der Waals surface area contributed by atoms with E-state index in [4.69, 9.17) is 27.9 Å². The van der Waals surface area contributed by atoms with Gasteiger partial charge in [0.25, 0.3) is 0 Å². The van der Waals surface area contributed by atoms with Crippen LogP contribution in [-0.2, 0) is 9.53 Å². The number of carbonyl (C=O) groups excluding carboxylic acids is 1. The molecule has 2 unspecified atom stereocenters. The van der Waals surface area contributed by atoms with Crippen LogP contribution in [0.25, 0.3) is 11.3 Å². The van der Waals surface area contributed by atoms with Gasteiger partial charge in [-0.2, -0.15) is 5.10 Å². The van der Waals surface area contributed by atoms with Gasteiger partial charge in [-0.05, 0) is 30.5 Å². The normalized spacial score (nSPS) is 17.9. The van der Waals surface area contributed by atoms with Gasteiger partial charge in [-0.25, -0.2) is 4.99 Å². The number of nitrogens with one attached hydrogen (secondary N) is 1. The van der Waals surface area contributed by atoms with Gasteiger partial charge in [0.1, 0.15) is 5.92 Å². The zero-order valence-electron chi connectivity index (χ0n) is 16.7. The number of hydrogen-bond acceptors (Lipinski definition) is 4. The minimum atomic E-state index is -0.625. The summed E-state index contributed by atoms with van der Waals surface area (Å²) in [6.07, 6.45) is 0.740. The highest BCUT2D eigenvalue weighted by Gasteiger charge is 2.42. The fourth-order valence-corrected chi connectivity index (χ4v) is 4.31. The first-order valence-electron chi connectivity index (χ1n) is 9.82. The van der Waals surface area contributed by atoms with Crippen LogP contribution in [0.4, 0.5) is 5.82 Å². The highest BCUT2D eigenvalue weighted by molar-refractivity contribution is 6.42. The van der Waals surface area contributed by atoms with E-state index < -0.39 is 11.8 Å². The summed E-state index contributed by atoms with van der Waals surface area (Å²) < 4.78 is 5.53. The van der Waals surface area contributed by atoms with E-state index in [2.05, 4.69) is 15.2 Å². The Balaban J connectivity index is 1.94. The van der Waals surface area contributed by atoms with Crippen LogP contribution in [0, 0.1) is 5.92 Å². The van der Waals surface area contributed by atoms with Crippen LogP contribution in [0.1, 0.15) is 37.3 Å². The number of fused-ring (bicyclic) bond motifs is 1. The molecule has 0 bridgehead atoms. The lowest BCUT2D eigenvalue weighted by Gasteiger charge is -2.30. The molecular formula is C23H21Cl2N3O2. The maximum Gasteiger partial charge on any atom is 0.315 e. The van der Waals surface area contributed by atoms with Crippen molar-refractivity contribution in [2.75, 3.05) is 6.61 Å². The van der Waals surface area contributed by atoms with Crippen LogP contribution in [0.5, 0.6) is 0 Å². The molecule has 0 radical (unpaired) electrons. The lowest BCUT2D eigenvalue weighted by atomic mass is 9.76. The lowest BCUT2D eigenvalue weighted by molar-refractivity contribution is -0.146. The molecule has 0 saturated heterocycles. The molecule has 1 N–H and O–H groups in total. The second-order valence-corrected chi connectivity index (χ2v) is 8.01. The molecule has 0 fully saturated rings. The molecule has 2 atom stereocenters. The summed E-state index contributed by atoms with van der Waals surface area (Å²) in [5, 5.41) is 8.38. The van der Waals surface area contributed by atoms with Crippen molar-refractivity contribution in [2.24, 2.45) is 10.9 Å². The summed E-state index contributed by atoms with van der Waals surface area (Å²) in [4.78, 5) is 17.7. The minimum absolute atomic E-state index is 0.329. The van der Waals surface area contributed by atoms with E-state index in [-0.39, 0.29) is 5.97 Å². The molecular weight excluding hydrogens is 421 g/mol. The smallest absolute Gasteiger partial charge is 0.315 e. The van der Waals surface area contributed by atoms with Crippen molar-refractivity contribution in [2.45, 2.75) is 26.2 Å². The Hall–Kier alpha value is -2.63. The van der Waals surface area contributed by atoms with Crippen molar-refractivity contribution in [3.63, 3.8) is 0 Å². The van der Waals surface area contributed by atoms with Crippen molar-refractivity contribution >= 4 is 40.7 Å². The van der Waals surface area contributed by atoms with E-state index in [1.807, 2.05) is 56.3 Å². The van der Waals surface area contributed by atoms with Crippen LogP contribution in [0.2, 0.25) is 10.0 Å². The van der Waals surface area contributed by atoms with Crippen LogP contribution >= 0.6 is 23.2 Å². The van der Waals surface area contributed by atoms with Crippen LogP contribution in [0.15, 0.2) is 53.5 Å². The van der Waals surface area contributed by atoms with Crippen LogP contribution in [0.3, 0.4) is 0 Å². The highest BCUT2D eigenvalue weighted by Crippen LogP contribution is 2.48. The van der Waals surface area contributed by atoms with E-state index >= 15 is 0 Å². The topological polar surface area (TPSA) is 67.3 Å². The van der Waals surface area contributed by atoms with Crippen LogP contribution in [-0.4, -0.2) is 28.5 Å². The number of rotatable bonds is 5. The number of aromatic nitrogens is 2. The number of nitrogens with zero attached hydrogens (tertiary/aromatic N) is 2. The Morgan fingerprint density at radius 1 is 1.13 bits per heavy atom. The van der Waals surface area contributed by atoms with Crippen molar-refractivity contribution in [1.29, 1.82) is 0 Å². The fourth-order valence-electron chi connectivity index (χ4n) is 3.89. The van der Waals surface area contributed by atoms with E-state index in [0.717, 1.165) is 28.8 Å². The average Bonchev–Trinajstić information content (AvgIpc) is 3.17. The van der Waals surface area contributed by atoms with Gasteiger partial charge in [0.05, 0.1) is 22.3 Å². The molecule has 1 aliphatic heterocycles. The SMILES string of the molecule is CCCOC(=O)C1C(C)=Nc2n[nH]c(-c3ccccc3)c2C1c1cccc(Cl)c1Cl. The van der Waals surface area contributed by atoms with Crippen LogP contribution < -0.4 is 0 Å². The molecule has 7 heteroatoms. The number of esters is 1. The van der Waals surface area contributed by atoms with Gasteiger partial charge in [-0.3, -0.25) is 9.89 Å². The predicted molar refractivity (Wildman–Crippen MR) is 120 cm³/mol. The molecule has 154 valence electrons. The molecule has 2 aromatic carbocycles. The summed E-state index contributed by atoms with van der Waals surface area (Å²) >= 11 is 13.0.